The summed E-state index contributed by atoms with van der Waals surface area (Å²) in [6.45, 7) is 3.93. The molecule has 1 aliphatic rings. The Hall–Kier alpha value is -2.95. The van der Waals surface area contributed by atoms with Gasteiger partial charge in [0, 0.05) is 5.56 Å². The minimum absolute atomic E-state index is 0.132. The molecule has 0 saturated carbocycles. The van der Waals surface area contributed by atoms with Crippen LogP contribution < -0.4 is 14.9 Å². The molecule has 3 aromatic rings. The number of aryl methyl sites for hydroxylation is 2. The van der Waals surface area contributed by atoms with Crippen LogP contribution in [0.4, 0.5) is 0 Å². The van der Waals surface area contributed by atoms with Gasteiger partial charge in [-0.3, -0.25) is 4.79 Å². The van der Waals surface area contributed by atoms with Crippen LogP contribution in [0, 0.1) is 13.8 Å². The van der Waals surface area contributed by atoms with E-state index in [-0.39, 0.29) is 12.6 Å². The average Bonchev–Trinajstić information content (AvgIpc) is 2.99. The van der Waals surface area contributed by atoms with Gasteiger partial charge >= 0.3 is 0 Å². The van der Waals surface area contributed by atoms with Crippen LogP contribution in [0.1, 0.15) is 11.1 Å². The minimum atomic E-state index is -0.439. The van der Waals surface area contributed by atoms with E-state index in [4.69, 9.17) is 13.9 Å². The van der Waals surface area contributed by atoms with Crippen LogP contribution in [0.5, 0.6) is 17.2 Å². The molecule has 0 spiro atoms. The summed E-state index contributed by atoms with van der Waals surface area (Å²) in [5.74, 6) is 0.919. The van der Waals surface area contributed by atoms with Crippen LogP contribution in [0.2, 0.25) is 0 Å². The van der Waals surface area contributed by atoms with Crippen molar-refractivity contribution >= 4 is 11.0 Å². The Labute approximate surface area is 131 Å². The molecule has 0 radical (unpaired) electrons. The van der Waals surface area contributed by atoms with Crippen molar-refractivity contribution in [2.75, 3.05) is 6.79 Å². The van der Waals surface area contributed by atoms with E-state index in [1.54, 1.807) is 24.3 Å². The molecule has 1 aliphatic heterocycles. The first-order valence-electron chi connectivity index (χ1n) is 7.21. The monoisotopic (exact) mass is 310 g/mol. The van der Waals surface area contributed by atoms with Gasteiger partial charge in [0.25, 0.3) is 0 Å². The van der Waals surface area contributed by atoms with E-state index in [0.29, 0.717) is 28.0 Å². The Balaban J connectivity index is 2.01. The molecule has 0 aliphatic carbocycles. The maximum absolute atomic E-state index is 12.5. The second-order valence-electron chi connectivity index (χ2n) is 5.64. The SMILES string of the molecule is Cc1cc(C)c2oc(-c3ccc4c(c3)OCO4)c(O)c(=O)c2c1. The predicted octanol–water partition coefficient (Wildman–Crippen LogP) is 3.51. The van der Waals surface area contributed by atoms with Crippen molar-refractivity contribution in [2.45, 2.75) is 13.8 Å². The number of rotatable bonds is 1. The lowest BCUT2D eigenvalue weighted by atomic mass is 10.1. The van der Waals surface area contributed by atoms with Crippen LogP contribution in [-0.2, 0) is 0 Å². The number of hydrogen-bond donors (Lipinski definition) is 1. The van der Waals surface area contributed by atoms with Gasteiger partial charge in [-0.05, 0) is 49.2 Å². The first-order valence-corrected chi connectivity index (χ1v) is 7.21. The van der Waals surface area contributed by atoms with E-state index < -0.39 is 11.2 Å². The molecular formula is C18H14O5. The molecule has 4 rings (SSSR count). The van der Waals surface area contributed by atoms with Crippen molar-refractivity contribution in [1.29, 1.82) is 0 Å². The number of aromatic hydroxyl groups is 1. The Morgan fingerprint density at radius 3 is 2.65 bits per heavy atom. The Kier molecular flexibility index (Phi) is 2.84. The molecule has 23 heavy (non-hydrogen) atoms. The van der Waals surface area contributed by atoms with Gasteiger partial charge in [-0.2, -0.15) is 0 Å². The van der Waals surface area contributed by atoms with Crippen molar-refractivity contribution in [3.8, 4) is 28.6 Å². The smallest absolute Gasteiger partial charge is 0.235 e. The molecule has 5 heteroatoms. The third-order valence-electron chi connectivity index (χ3n) is 3.93. The molecule has 1 N–H and O–H groups in total. The molecule has 0 atom stereocenters. The lowest BCUT2D eigenvalue weighted by Crippen LogP contribution is -2.04. The zero-order valence-corrected chi connectivity index (χ0v) is 12.7. The van der Waals surface area contributed by atoms with Crippen molar-refractivity contribution in [3.63, 3.8) is 0 Å². The van der Waals surface area contributed by atoms with Gasteiger partial charge < -0.3 is 19.0 Å². The third-order valence-corrected chi connectivity index (χ3v) is 3.93. The topological polar surface area (TPSA) is 68.9 Å². The fourth-order valence-electron chi connectivity index (χ4n) is 2.87. The lowest BCUT2D eigenvalue weighted by Gasteiger charge is -2.09. The van der Waals surface area contributed by atoms with Crippen LogP contribution in [-0.4, -0.2) is 11.9 Å². The molecule has 2 heterocycles. The minimum Gasteiger partial charge on any atom is -0.502 e. The summed E-state index contributed by atoms with van der Waals surface area (Å²) in [5, 5.41) is 10.7. The summed E-state index contributed by atoms with van der Waals surface area (Å²) in [6.07, 6.45) is 0. The second kappa shape index (κ2) is 4.78. The zero-order valence-electron chi connectivity index (χ0n) is 12.7. The molecule has 1 aromatic heterocycles. The molecular weight excluding hydrogens is 296 g/mol. The highest BCUT2D eigenvalue weighted by Gasteiger charge is 2.20. The summed E-state index contributed by atoms with van der Waals surface area (Å²) in [6, 6.07) is 8.79. The first kappa shape index (κ1) is 13.7. The quantitative estimate of drug-likeness (QED) is 0.745. The summed E-state index contributed by atoms with van der Waals surface area (Å²) < 4.78 is 16.5. The fourth-order valence-corrected chi connectivity index (χ4v) is 2.87. The standard InChI is InChI=1S/C18H14O5/c1-9-5-10(2)17-12(6-9)15(19)16(20)18(23-17)11-3-4-13-14(7-11)22-8-21-13/h3-7,20H,8H2,1-2H3. The maximum atomic E-state index is 12.5. The average molecular weight is 310 g/mol. The summed E-state index contributed by atoms with van der Waals surface area (Å²) in [5.41, 5.74) is 2.39. The summed E-state index contributed by atoms with van der Waals surface area (Å²) in [4.78, 5) is 12.5. The molecule has 0 unspecified atom stereocenters. The Bertz CT molecular complexity index is 1000. The summed E-state index contributed by atoms with van der Waals surface area (Å²) in [7, 11) is 0. The van der Waals surface area contributed by atoms with Crippen molar-refractivity contribution in [1.82, 2.24) is 0 Å². The van der Waals surface area contributed by atoms with Crippen LogP contribution in [0.25, 0.3) is 22.3 Å². The van der Waals surface area contributed by atoms with E-state index in [9.17, 15) is 9.90 Å². The maximum Gasteiger partial charge on any atom is 0.235 e. The first-order chi connectivity index (χ1) is 11.0. The van der Waals surface area contributed by atoms with Gasteiger partial charge in [0.2, 0.25) is 18.0 Å². The normalized spacial score (nSPS) is 12.8. The predicted molar refractivity (Wildman–Crippen MR) is 85.2 cm³/mol. The molecule has 0 fully saturated rings. The number of hydrogen-bond acceptors (Lipinski definition) is 5. The molecule has 116 valence electrons. The van der Waals surface area contributed by atoms with Crippen LogP contribution in [0.3, 0.4) is 0 Å². The van der Waals surface area contributed by atoms with Gasteiger partial charge in [-0.1, -0.05) is 6.07 Å². The Morgan fingerprint density at radius 2 is 1.83 bits per heavy atom. The van der Waals surface area contributed by atoms with Gasteiger partial charge in [-0.25, -0.2) is 0 Å². The van der Waals surface area contributed by atoms with Crippen LogP contribution >= 0.6 is 0 Å². The van der Waals surface area contributed by atoms with Gasteiger partial charge in [-0.15, -0.1) is 0 Å². The molecule has 2 aromatic carbocycles. The molecule has 0 saturated heterocycles. The number of ether oxygens (including phenoxy) is 2. The van der Waals surface area contributed by atoms with Gasteiger partial charge in [0.1, 0.15) is 5.58 Å². The van der Waals surface area contributed by atoms with E-state index in [2.05, 4.69) is 0 Å². The zero-order chi connectivity index (χ0) is 16.1. The second-order valence-corrected chi connectivity index (χ2v) is 5.64. The van der Waals surface area contributed by atoms with Gasteiger partial charge in [0.05, 0.1) is 5.39 Å². The van der Waals surface area contributed by atoms with Crippen molar-refractivity contribution in [3.05, 3.63) is 51.7 Å². The van der Waals surface area contributed by atoms with E-state index in [1.165, 1.54) is 0 Å². The van der Waals surface area contributed by atoms with Crippen LogP contribution in [0.15, 0.2) is 39.5 Å². The van der Waals surface area contributed by atoms with Gasteiger partial charge in [0.15, 0.2) is 17.3 Å². The third kappa shape index (κ3) is 2.04. The molecule has 0 amide bonds. The van der Waals surface area contributed by atoms with Crippen molar-refractivity contribution in [2.24, 2.45) is 0 Å². The van der Waals surface area contributed by atoms with E-state index >= 15 is 0 Å². The highest BCUT2D eigenvalue weighted by molar-refractivity contribution is 5.85. The number of benzene rings is 2. The number of fused-ring (bicyclic) bond motifs is 2. The lowest BCUT2D eigenvalue weighted by molar-refractivity contribution is 0.174. The fraction of sp³-hybridized carbons (Fsp3) is 0.167. The summed E-state index contributed by atoms with van der Waals surface area (Å²) >= 11 is 0. The molecule has 5 nitrogen and oxygen atoms in total. The van der Waals surface area contributed by atoms with E-state index in [0.717, 1.165) is 11.1 Å². The molecule has 0 bridgehead atoms. The highest BCUT2D eigenvalue weighted by Crippen LogP contribution is 2.38. The highest BCUT2D eigenvalue weighted by atomic mass is 16.7. The van der Waals surface area contributed by atoms with E-state index in [1.807, 2.05) is 19.9 Å². The Morgan fingerprint density at radius 1 is 1.04 bits per heavy atom. The van der Waals surface area contributed by atoms with Crippen molar-refractivity contribution < 1.29 is 19.0 Å². The largest absolute Gasteiger partial charge is 0.502 e.